The van der Waals surface area contributed by atoms with Crippen molar-refractivity contribution in [3.8, 4) is 5.75 Å². The number of hydrogen-bond acceptors (Lipinski definition) is 4. The molecule has 2 rings (SSSR count). The van der Waals surface area contributed by atoms with Gasteiger partial charge in [0.05, 0.1) is 11.3 Å². The quantitative estimate of drug-likeness (QED) is 0.613. The topological polar surface area (TPSA) is 49.8 Å². The van der Waals surface area contributed by atoms with Gasteiger partial charge in [0, 0.05) is 0 Å². The summed E-state index contributed by atoms with van der Waals surface area (Å²) >= 11 is 0.837. The molecule has 0 spiro atoms. The highest BCUT2D eigenvalue weighted by Crippen LogP contribution is 2.27. The first-order valence-corrected chi connectivity index (χ1v) is 8.77. The Hall–Kier alpha value is -2.05. The summed E-state index contributed by atoms with van der Waals surface area (Å²) in [6.45, 7) is 3.90. The Morgan fingerprint density at radius 1 is 1.33 bits per heavy atom. The number of halogens is 1. The molecule has 0 aliphatic heterocycles. The third kappa shape index (κ3) is 4.07. The molecule has 0 heterocycles. The van der Waals surface area contributed by atoms with Crippen LogP contribution in [0.15, 0.2) is 36.4 Å². The number of anilines is 1. The molecule has 0 atom stereocenters. The van der Waals surface area contributed by atoms with Gasteiger partial charge in [0.2, 0.25) is 0 Å². The average molecular weight is 349 g/mol. The highest BCUT2D eigenvalue weighted by Gasteiger charge is 2.19. The lowest BCUT2D eigenvalue weighted by Crippen LogP contribution is -2.24. The number of rotatable bonds is 5. The van der Waals surface area contributed by atoms with E-state index in [-0.39, 0.29) is 17.9 Å². The minimum atomic E-state index is -0.592. The zero-order valence-corrected chi connectivity index (χ0v) is 14.7. The maximum Gasteiger partial charge on any atom is 0.309 e. The number of aryl methyl sites for hydroxylation is 2. The van der Waals surface area contributed by atoms with Crippen molar-refractivity contribution in [1.82, 2.24) is 0 Å². The molecule has 1 N–H and O–H groups in total. The van der Waals surface area contributed by atoms with Crippen molar-refractivity contribution >= 4 is 22.7 Å². The number of benzene rings is 2. The van der Waals surface area contributed by atoms with E-state index >= 15 is 0 Å². The number of hydrogen-bond donors (Lipinski definition) is 1. The van der Waals surface area contributed by atoms with E-state index in [1.165, 1.54) is 23.8 Å². The van der Waals surface area contributed by atoms with Crippen LogP contribution >= 0.6 is 11.8 Å². The summed E-state index contributed by atoms with van der Waals surface area (Å²) in [7, 11) is 0. The van der Waals surface area contributed by atoms with Crippen molar-refractivity contribution in [3.05, 3.63) is 58.9 Å². The number of thioether (sulfide) groups is 1. The molecule has 6 heteroatoms. The molecule has 24 heavy (non-hydrogen) atoms. The monoisotopic (exact) mass is 349 g/mol. The maximum absolute atomic E-state index is 14.2. The van der Waals surface area contributed by atoms with Crippen molar-refractivity contribution in [1.29, 1.82) is 0 Å². The Morgan fingerprint density at radius 2 is 2.08 bits per heavy atom. The fourth-order valence-corrected chi connectivity index (χ4v) is 2.59. The van der Waals surface area contributed by atoms with Gasteiger partial charge in [-0.3, -0.25) is 10.0 Å². The van der Waals surface area contributed by atoms with Crippen molar-refractivity contribution < 1.29 is 19.1 Å². The van der Waals surface area contributed by atoms with Gasteiger partial charge in [-0.2, -0.15) is 5.06 Å². The molecule has 0 saturated carbocycles. The minimum Gasteiger partial charge on any atom is -0.488 e. The van der Waals surface area contributed by atoms with Crippen molar-refractivity contribution in [2.75, 3.05) is 11.3 Å². The first-order valence-electron chi connectivity index (χ1n) is 7.54. The summed E-state index contributed by atoms with van der Waals surface area (Å²) in [6, 6.07) is 10.0. The van der Waals surface area contributed by atoms with Gasteiger partial charge in [-0.15, -0.1) is 0 Å². The molecule has 128 valence electrons. The normalized spacial score (nSPS) is 10.5. The van der Waals surface area contributed by atoms with Crippen molar-refractivity contribution in [2.24, 2.45) is 0 Å². The summed E-state index contributed by atoms with van der Waals surface area (Å²) in [5, 5.41) is 9.81. The van der Waals surface area contributed by atoms with Gasteiger partial charge in [0.25, 0.3) is 0 Å². The first kappa shape index (κ1) is 18.3. The van der Waals surface area contributed by atoms with Crippen LogP contribution in [0.1, 0.15) is 23.6 Å². The van der Waals surface area contributed by atoms with Gasteiger partial charge in [0.1, 0.15) is 18.2 Å². The molecule has 0 bridgehead atoms. The fraction of sp³-hybridized carbons (Fsp3) is 0.278. The van der Waals surface area contributed by atoms with Crippen LogP contribution < -0.4 is 9.80 Å². The van der Waals surface area contributed by atoms with Crippen LogP contribution in [-0.4, -0.2) is 16.7 Å². The Morgan fingerprint density at radius 3 is 2.71 bits per heavy atom. The second-order valence-electron chi connectivity index (χ2n) is 5.26. The molecular formula is C18H20FNO3S. The molecule has 0 radical (unpaired) electrons. The van der Waals surface area contributed by atoms with Gasteiger partial charge in [-0.1, -0.05) is 36.9 Å². The molecule has 1 amide bonds. The number of carbonyl (C=O) groups excluding carboxylic acids is 1. The number of amides is 1. The standard InChI is InChI=1S/C18H20FNO3S/c1-4-13-8-9-17(12(2)10-13)23-11-14-15(19)6-5-7-16(14)20(22)18(21)24-3/h5-10,22H,4,11H2,1-3H3. The van der Waals surface area contributed by atoms with E-state index in [1.54, 1.807) is 6.26 Å². The van der Waals surface area contributed by atoms with Crippen LogP contribution in [0.4, 0.5) is 14.9 Å². The third-order valence-electron chi connectivity index (χ3n) is 3.69. The summed E-state index contributed by atoms with van der Waals surface area (Å²) in [4.78, 5) is 11.7. The highest BCUT2D eigenvalue weighted by molar-refractivity contribution is 8.13. The number of nitrogens with zero attached hydrogens (tertiary/aromatic N) is 1. The summed E-state index contributed by atoms with van der Waals surface area (Å²) < 4.78 is 19.9. The summed E-state index contributed by atoms with van der Waals surface area (Å²) in [5.41, 5.74) is 2.35. The zero-order valence-electron chi connectivity index (χ0n) is 13.9. The smallest absolute Gasteiger partial charge is 0.309 e. The van der Waals surface area contributed by atoms with Crippen LogP contribution in [-0.2, 0) is 13.0 Å². The number of ether oxygens (including phenoxy) is 1. The van der Waals surface area contributed by atoms with Crippen molar-refractivity contribution in [2.45, 2.75) is 26.9 Å². The van der Waals surface area contributed by atoms with E-state index in [9.17, 15) is 14.4 Å². The third-order valence-corrected chi connectivity index (χ3v) is 4.21. The second kappa shape index (κ2) is 8.17. The molecule has 0 saturated heterocycles. The van der Waals surface area contributed by atoms with Crippen molar-refractivity contribution in [3.63, 3.8) is 0 Å². The Bertz CT molecular complexity index is 736. The Labute approximate surface area is 145 Å². The lowest BCUT2D eigenvalue weighted by molar-refractivity contribution is 0.223. The second-order valence-corrected chi connectivity index (χ2v) is 6.02. The highest BCUT2D eigenvalue weighted by atomic mass is 32.2. The van der Waals surface area contributed by atoms with E-state index in [0.717, 1.165) is 23.7 Å². The minimum absolute atomic E-state index is 0.0807. The Kier molecular flexibility index (Phi) is 6.23. The molecule has 2 aromatic carbocycles. The predicted octanol–water partition coefficient (Wildman–Crippen LogP) is 4.95. The zero-order chi connectivity index (χ0) is 17.7. The average Bonchev–Trinajstić information content (AvgIpc) is 2.59. The fourth-order valence-electron chi connectivity index (χ4n) is 2.32. The molecule has 0 unspecified atom stereocenters. The van der Waals surface area contributed by atoms with Crippen LogP contribution in [0, 0.1) is 12.7 Å². The van der Waals surface area contributed by atoms with Crippen LogP contribution in [0.3, 0.4) is 0 Å². The molecule has 2 aromatic rings. The van der Waals surface area contributed by atoms with Gasteiger partial charge in [-0.25, -0.2) is 4.39 Å². The van der Waals surface area contributed by atoms with Crippen LogP contribution in [0.5, 0.6) is 5.75 Å². The van der Waals surface area contributed by atoms with E-state index < -0.39 is 11.1 Å². The lowest BCUT2D eigenvalue weighted by atomic mass is 10.1. The molecule has 4 nitrogen and oxygen atoms in total. The maximum atomic E-state index is 14.2. The van der Waals surface area contributed by atoms with Gasteiger partial charge in [0.15, 0.2) is 0 Å². The summed E-state index contributed by atoms with van der Waals surface area (Å²) in [6.07, 6.45) is 2.47. The van der Waals surface area contributed by atoms with Gasteiger partial charge in [-0.05, 0) is 48.9 Å². The summed E-state index contributed by atoms with van der Waals surface area (Å²) in [5.74, 6) is 0.102. The SMILES string of the molecule is CCc1ccc(OCc2c(F)cccc2N(O)C(=O)SC)c(C)c1. The first-order chi connectivity index (χ1) is 11.5. The predicted molar refractivity (Wildman–Crippen MR) is 94.5 cm³/mol. The Balaban J connectivity index is 2.25. The largest absolute Gasteiger partial charge is 0.488 e. The van der Waals surface area contributed by atoms with Gasteiger partial charge >= 0.3 is 5.24 Å². The van der Waals surface area contributed by atoms with E-state index in [2.05, 4.69) is 6.92 Å². The molecule has 0 aliphatic rings. The molecule has 0 aromatic heterocycles. The van der Waals surface area contributed by atoms with E-state index in [0.29, 0.717) is 10.8 Å². The van der Waals surface area contributed by atoms with Gasteiger partial charge < -0.3 is 4.74 Å². The van der Waals surface area contributed by atoms with E-state index in [1.807, 2.05) is 25.1 Å². The van der Waals surface area contributed by atoms with Crippen LogP contribution in [0.25, 0.3) is 0 Å². The number of carbonyl (C=O) groups is 1. The molecule has 0 aliphatic carbocycles. The van der Waals surface area contributed by atoms with Crippen LogP contribution in [0.2, 0.25) is 0 Å². The number of hydroxylamine groups is 1. The molecular weight excluding hydrogens is 329 g/mol. The molecule has 0 fully saturated rings. The van der Waals surface area contributed by atoms with E-state index in [4.69, 9.17) is 4.74 Å². The lowest BCUT2D eigenvalue weighted by Gasteiger charge is -2.19.